The Hall–Kier alpha value is -1.80. The van der Waals surface area contributed by atoms with Crippen molar-refractivity contribution in [3.05, 3.63) is 46.0 Å². The Morgan fingerprint density at radius 2 is 0.591 bits per heavy atom. The zero-order chi connectivity index (χ0) is 14.1. The summed E-state index contributed by atoms with van der Waals surface area (Å²) in [5.41, 5.74) is 0. The fourth-order valence-corrected chi connectivity index (χ4v) is 0. The summed E-state index contributed by atoms with van der Waals surface area (Å²) in [6.07, 6.45) is 0. The summed E-state index contributed by atoms with van der Waals surface area (Å²) in [7, 11) is 0. The number of hydrogen-bond donors (Lipinski definition) is 2. The molecule has 20 heteroatoms. The summed E-state index contributed by atoms with van der Waals surface area (Å²) in [6, 6.07) is 0. The fourth-order valence-electron chi connectivity index (χ4n) is 0. The van der Waals surface area contributed by atoms with E-state index in [0.29, 0.717) is 0 Å². The van der Waals surface area contributed by atoms with Crippen molar-refractivity contribution in [2.24, 2.45) is 0 Å². The van der Waals surface area contributed by atoms with Gasteiger partial charge in [0.05, 0.1) is 28.5 Å². The van der Waals surface area contributed by atoms with Crippen molar-refractivity contribution in [2.45, 2.75) is 0 Å². The first-order valence-electron chi connectivity index (χ1n) is 2.78. The van der Waals surface area contributed by atoms with Gasteiger partial charge in [0.1, 0.15) is 0 Å². The minimum atomic E-state index is -1.75. The third-order valence-corrected chi connectivity index (χ3v) is 0.1000. The molecule has 0 spiro atoms. The van der Waals surface area contributed by atoms with E-state index >= 15 is 0 Å². The van der Waals surface area contributed by atoms with Crippen LogP contribution in [0.3, 0.4) is 0 Å². The summed E-state index contributed by atoms with van der Waals surface area (Å²) < 4.78 is 0. The Kier molecular flexibility index (Phi) is 244. The van der Waals surface area contributed by atoms with Crippen LogP contribution in [-0.4, -0.2) is 92.3 Å². The molecule has 0 amide bonds. The Labute approximate surface area is 139 Å². The van der Waals surface area contributed by atoms with E-state index in [0.717, 1.165) is 0 Å². The Morgan fingerprint density at radius 3 is 0.591 bits per heavy atom. The number of aliphatic hydroxyl groups excluding tert-OH is 2. The topological polar surface area (TPSA) is 397 Å². The van der Waals surface area contributed by atoms with E-state index in [1.807, 2.05) is 0 Å². The van der Waals surface area contributed by atoms with Gasteiger partial charge in [0.25, 0.3) is 0 Å². The predicted molar refractivity (Wildman–Crippen MR) is 69.1 cm³/mol. The van der Waals surface area contributed by atoms with E-state index < -0.39 is 15.3 Å². The average molecular weight is 547 g/mol. The van der Waals surface area contributed by atoms with Gasteiger partial charge in [-0.15, -0.1) is 0 Å². The second kappa shape index (κ2) is 75.1. The van der Waals surface area contributed by atoms with Gasteiger partial charge in [-0.1, -0.05) is 0 Å². The van der Waals surface area contributed by atoms with Crippen LogP contribution >= 0.6 is 0 Å². The molecule has 0 bridgehead atoms. The number of hydrogen-bond acceptors (Lipinski definition) is 11. The molecule has 0 aromatic rings. The van der Waals surface area contributed by atoms with E-state index in [1.165, 1.54) is 0 Å². The van der Waals surface area contributed by atoms with Gasteiger partial charge in [-0.3, -0.25) is 0 Å². The molecule has 0 saturated carbocycles. The minimum absolute atomic E-state index is 0. The summed E-state index contributed by atoms with van der Waals surface area (Å²) >= 11 is 0. The summed E-state index contributed by atoms with van der Waals surface area (Å²) in [5, 5.41) is 59.5. The Balaban J connectivity index is -0.00000001000. The van der Waals surface area contributed by atoms with Crippen molar-refractivity contribution in [3.8, 4) is 0 Å². The van der Waals surface area contributed by atoms with Crippen molar-refractivity contribution in [2.75, 3.05) is 13.2 Å². The summed E-state index contributed by atoms with van der Waals surface area (Å²) in [6.45, 7) is -0.250. The van der Waals surface area contributed by atoms with Gasteiger partial charge in [0.15, 0.2) is 0 Å². The molecule has 0 aromatic carbocycles. The number of aliphatic hydroxyl groups is 2. The molecule has 0 fully saturated rings. The zero-order valence-electron chi connectivity index (χ0n) is 10.3. The third-order valence-electron chi connectivity index (χ3n) is 0.1000. The van der Waals surface area contributed by atoms with Crippen molar-refractivity contribution in [1.29, 1.82) is 0 Å². The van der Waals surface area contributed by atoms with Crippen LogP contribution in [0.5, 0.6) is 0 Å². The van der Waals surface area contributed by atoms with Gasteiger partial charge in [-0.25, -0.2) is 0 Å². The quantitative estimate of drug-likeness (QED) is 0.176. The third kappa shape index (κ3) is 8480. The molecular weight excluding hydrogens is 531 g/mol. The standard InChI is InChI=1S/C2H6O2.Bi.3NO3.5H2O/c3-1-2-4;;3*2-1(3)4;;;;;/h3-4H,1-2H2;;;;;5*1H2/q;+3;3*-1;;;;;. The molecule has 19 nitrogen and oxygen atoms in total. The summed E-state index contributed by atoms with van der Waals surface area (Å²) in [4.78, 5) is 24.8. The van der Waals surface area contributed by atoms with Crippen LogP contribution in [0.2, 0.25) is 0 Å². The molecule has 0 saturated heterocycles. The van der Waals surface area contributed by atoms with E-state index in [4.69, 9.17) is 56.2 Å². The van der Waals surface area contributed by atoms with Crippen molar-refractivity contribution >= 4 is 26.2 Å². The maximum absolute atomic E-state index is 8.25. The largest absolute Gasteiger partial charge is 3.00 e. The van der Waals surface area contributed by atoms with Crippen LogP contribution in [0.4, 0.5) is 0 Å². The molecule has 0 aliphatic heterocycles. The van der Waals surface area contributed by atoms with Crippen molar-refractivity contribution in [3.63, 3.8) is 0 Å². The van der Waals surface area contributed by atoms with Crippen LogP contribution in [0.15, 0.2) is 0 Å². The first-order valence-corrected chi connectivity index (χ1v) is 2.78. The maximum Gasteiger partial charge on any atom is 3.00 e. The van der Waals surface area contributed by atoms with E-state index in [1.54, 1.807) is 0 Å². The number of nitrogens with zero attached hydrogens (tertiary/aromatic N) is 3. The van der Waals surface area contributed by atoms with E-state index in [9.17, 15) is 0 Å². The molecular formula is C2H16BiN3O16. The normalized spacial score (nSPS) is 4.64. The van der Waals surface area contributed by atoms with Gasteiger partial charge < -0.3 is 83.6 Å². The van der Waals surface area contributed by atoms with Crippen molar-refractivity contribution < 1.29 is 52.9 Å². The SMILES string of the molecule is O.O.O.O.O.O=[N+]([O-])[O-].O=[N+]([O-])[O-].O=[N+]([O-])[O-].OCCO.[Bi+3]. The van der Waals surface area contributed by atoms with Crippen LogP contribution < -0.4 is 0 Å². The average Bonchev–Trinajstić information content (AvgIpc) is 2.00. The molecule has 0 heterocycles. The zero-order valence-corrected chi connectivity index (χ0v) is 13.7. The molecule has 0 aliphatic carbocycles. The Morgan fingerprint density at radius 1 is 0.545 bits per heavy atom. The smallest absolute Gasteiger partial charge is 0.412 e. The minimum Gasteiger partial charge on any atom is -0.412 e. The number of rotatable bonds is 1. The van der Waals surface area contributed by atoms with Crippen molar-refractivity contribution in [1.82, 2.24) is 0 Å². The van der Waals surface area contributed by atoms with Gasteiger partial charge in [0, 0.05) is 0 Å². The summed E-state index contributed by atoms with van der Waals surface area (Å²) in [5.74, 6) is 0. The van der Waals surface area contributed by atoms with Crippen LogP contribution in [0.25, 0.3) is 0 Å². The molecule has 0 unspecified atom stereocenters. The molecule has 0 aromatic heterocycles. The molecule has 0 atom stereocenters. The molecule has 12 N–H and O–H groups in total. The predicted octanol–water partition coefficient (Wildman–Crippen LogP) is -6.25. The van der Waals surface area contributed by atoms with Crippen LogP contribution in [-0.2, 0) is 0 Å². The van der Waals surface area contributed by atoms with Gasteiger partial charge in [-0.2, -0.15) is 0 Å². The van der Waals surface area contributed by atoms with Crippen LogP contribution in [0, 0.1) is 46.0 Å². The molecule has 22 heavy (non-hydrogen) atoms. The maximum atomic E-state index is 8.25. The van der Waals surface area contributed by atoms with E-state index in [-0.39, 0.29) is 66.8 Å². The first-order chi connectivity index (χ1) is 7.11. The van der Waals surface area contributed by atoms with Gasteiger partial charge >= 0.3 is 26.2 Å². The molecule has 140 valence electrons. The fraction of sp³-hybridized carbons (Fsp3) is 1.00. The molecule has 2 radical (unpaired) electrons. The molecule has 0 rings (SSSR count). The Bertz CT molecular complexity index is 146. The second-order valence-electron chi connectivity index (χ2n) is 1.12. The second-order valence-corrected chi connectivity index (χ2v) is 1.12. The van der Waals surface area contributed by atoms with E-state index in [2.05, 4.69) is 0 Å². The first kappa shape index (κ1) is 71.6. The monoisotopic (exact) mass is 547 g/mol. The molecule has 0 aliphatic rings. The van der Waals surface area contributed by atoms with Gasteiger partial charge in [-0.05, 0) is 0 Å². The van der Waals surface area contributed by atoms with Crippen LogP contribution in [0.1, 0.15) is 0 Å². The van der Waals surface area contributed by atoms with Gasteiger partial charge in [0.2, 0.25) is 0 Å².